The minimum absolute atomic E-state index is 0.0273. The van der Waals surface area contributed by atoms with E-state index in [1.807, 2.05) is 4.90 Å². The Hall–Kier alpha value is -1.83. The van der Waals surface area contributed by atoms with Crippen molar-refractivity contribution in [1.82, 2.24) is 15.0 Å². The second kappa shape index (κ2) is 5.75. The number of halogens is 2. The van der Waals surface area contributed by atoms with Gasteiger partial charge in [-0.1, -0.05) is 5.16 Å². The van der Waals surface area contributed by atoms with Crippen molar-refractivity contribution >= 4 is 17.2 Å². The maximum atomic E-state index is 13.1. The standard InChI is InChI=1S/C14H15F2N3O2S/c1-14(15,16)13-17-11(18-21-13)9-5-6-10(22-9)12(20)19-7-3-2-4-8-19/h5-6H,2-4,7-8H2,1H3. The minimum atomic E-state index is -3.17. The van der Waals surface area contributed by atoms with Gasteiger partial charge in [0.05, 0.1) is 9.75 Å². The number of aromatic nitrogens is 2. The molecule has 0 unspecified atom stereocenters. The third kappa shape index (κ3) is 3.01. The Bertz CT molecular complexity index is 672. The van der Waals surface area contributed by atoms with Gasteiger partial charge in [-0.3, -0.25) is 4.79 Å². The van der Waals surface area contributed by atoms with Gasteiger partial charge in [0.25, 0.3) is 11.8 Å². The van der Waals surface area contributed by atoms with E-state index in [4.69, 9.17) is 0 Å². The van der Waals surface area contributed by atoms with Gasteiger partial charge in [-0.25, -0.2) is 0 Å². The molecule has 3 rings (SSSR count). The molecule has 1 aliphatic heterocycles. The predicted molar refractivity (Wildman–Crippen MR) is 76.9 cm³/mol. The Labute approximate surface area is 129 Å². The molecule has 1 saturated heterocycles. The average Bonchev–Trinajstić information content (AvgIpc) is 3.15. The lowest BCUT2D eigenvalue weighted by molar-refractivity contribution is -0.0158. The lowest BCUT2D eigenvalue weighted by Crippen LogP contribution is -2.35. The predicted octanol–water partition coefficient (Wildman–Crippen LogP) is 3.54. The maximum Gasteiger partial charge on any atom is 0.322 e. The normalized spacial score (nSPS) is 16.0. The van der Waals surface area contributed by atoms with Gasteiger partial charge in [0, 0.05) is 20.0 Å². The Morgan fingerprint density at radius 2 is 2.05 bits per heavy atom. The van der Waals surface area contributed by atoms with Crippen LogP contribution in [0.5, 0.6) is 0 Å². The van der Waals surface area contributed by atoms with Crippen molar-refractivity contribution in [1.29, 1.82) is 0 Å². The lowest BCUT2D eigenvalue weighted by atomic mass is 10.1. The summed E-state index contributed by atoms with van der Waals surface area (Å²) >= 11 is 1.19. The molecule has 22 heavy (non-hydrogen) atoms. The molecule has 0 atom stereocenters. The highest BCUT2D eigenvalue weighted by Crippen LogP contribution is 2.31. The number of nitrogens with zero attached hydrogens (tertiary/aromatic N) is 3. The first-order chi connectivity index (χ1) is 10.4. The van der Waals surface area contributed by atoms with E-state index >= 15 is 0 Å². The lowest BCUT2D eigenvalue weighted by Gasteiger charge is -2.26. The second-order valence-corrected chi connectivity index (χ2v) is 6.41. The molecule has 0 N–H and O–H groups in total. The van der Waals surface area contributed by atoms with Gasteiger partial charge in [-0.05, 0) is 31.4 Å². The molecule has 0 saturated carbocycles. The monoisotopic (exact) mass is 327 g/mol. The fourth-order valence-corrected chi connectivity index (χ4v) is 3.23. The first-order valence-corrected chi connectivity index (χ1v) is 7.88. The molecule has 2 aromatic heterocycles. The van der Waals surface area contributed by atoms with Gasteiger partial charge >= 0.3 is 5.92 Å². The highest BCUT2D eigenvalue weighted by molar-refractivity contribution is 7.17. The van der Waals surface area contributed by atoms with Crippen molar-refractivity contribution in [3.63, 3.8) is 0 Å². The van der Waals surface area contributed by atoms with Crippen molar-refractivity contribution in [3.05, 3.63) is 22.9 Å². The summed E-state index contributed by atoms with van der Waals surface area (Å²) < 4.78 is 30.8. The number of carbonyl (C=O) groups excluding carboxylic acids is 1. The fourth-order valence-electron chi connectivity index (χ4n) is 2.33. The zero-order chi connectivity index (χ0) is 15.7. The van der Waals surface area contributed by atoms with Crippen molar-refractivity contribution in [2.45, 2.75) is 32.1 Å². The zero-order valence-electron chi connectivity index (χ0n) is 12.0. The molecule has 118 valence electrons. The number of hydrogen-bond acceptors (Lipinski definition) is 5. The molecule has 1 fully saturated rings. The van der Waals surface area contributed by atoms with Crippen molar-refractivity contribution in [2.24, 2.45) is 0 Å². The Balaban J connectivity index is 1.78. The van der Waals surface area contributed by atoms with Gasteiger partial charge in [0.1, 0.15) is 0 Å². The Morgan fingerprint density at radius 1 is 1.32 bits per heavy atom. The molecule has 1 amide bonds. The van der Waals surface area contributed by atoms with Crippen LogP contribution < -0.4 is 0 Å². The molecule has 0 spiro atoms. The van der Waals surface area contributed by atoms with Crippen LogP contribution in [0, 0.1) is 0 Å². The van der Waals surface area contributed by atoms with Gasteiger partial charge in [0.2, 0.25) is 5.82 Å². The molecule has 0 aromatic carbocycles. The minimum Gasteiger partial charge on any atom is -0.338 e. The van der Waals surface area contributed by atoms with Gasteiger partial charge in [0.15, 0.2) is 0 Å². The molecule has 8 heteroatoms. The molecule has 2 aromatic rings. The quantitative estimate of drug-likeness (QED) is 0.865. The summed E-state index contributed by atoms with van der Waals surface area (Å²) in [6.07, 6.45) is 3.18. The van der Waals surface area contributed by atoms with E-state index in [0.717, 1.165) is 32.4 Å². The summed E-state index contributed by atoms with van der Waals surface area (Å²) in [6, 6.07) is 3.33. The number of hydrogen-bond donors (Lipinski definition) is 0. The van der Waals surface area contributed by atoms with E-state index in [0.29, 0.717) is 16.7 Å². The van der Waals surface area contributed by atoms with Gasteiger partial charge in [-0.2, -0.15) is 13.8 Å². The Morgan fingerprint density at radius 3 is 2.68 bits per heavy atom. The van der Waals surface area contributed by atoms with Crippen molar-refractivity contribution in [2.75, 3.05) is 13.1 Å². The molecule has 5 nitrogen and oxygen atoms in total. The summed E-state index contributed by atoms with van der Waals surface area (Å²) in [7, 11) is 0. The number of thiophene rings is 1. The largest absolute Gasteiger partial charge is 0.338 e. The van der Waals surface area contributed by atoms with E-state index in [-0.39, 0.29) is 11.7 Å². The number of rotatable bonds is 3. The molecule has 1 aliphatic rings. The van der Waals surface area contributed by atoms with E-state index in [1.54, 1.807) is 12.1 Å². The average molecular weight is 327 g/mol. The molecule has 0 radical (unpaired) electrons. The summed E-state index contributed by atoms with van der Waals surface area (Å²) in [5, 5.41) is 3.56. The molecule has 0 bridgehead atoms. The third-order valence-electron chi connectivity index (χ3n) is 3.48. The van der Waals surface area contributed by atoms with Gasteiger partial charge in [-0.15, -0.1) is 11.3 Å². The molecule has 0 aliphatic carbocycles. The topological polar surface area (TPSA) is 59.2 Å². The highest BCUT2D eigenvalue weighted by Gasteiger charge is 2.32. The summed E-state index contributed by atoms with van der Waals surface area (Å²) in [6.45, 7) is 2.23. The highest BCUT2D eigenvalue weighted by atomic mass is 32.1. The number of carbonyl (C=O) groups is 1. The van der Waals surface area contributed by atoms with Crippen LogP contribution in [0.25, 0.3) is 10.7 Å². The van der Waals surface area contributed by atoms with Crippen LogP contribution in [-0.4, -0.2) is 34.0 Å². The number of amides is 1. The molecular weight excluding hydrogens is 312 g/mol. The SMILES string of the molecule is CC(F)(F)c1nc(-c2ccc(C(=O)N3CCCCC3)s2)no1. The van der Waals surface area contributed by atoms with Gasteiger partial charge < -0.3 is 9.42 Å². The Kier molecular flexibility index (Phi) is 3.94. The van der Waals surface area contributed by atoms with E-state index < -0.39 is 11.8 Å². The van der Waals surface area contributed by atoms with Crippen LogP contribution >= 0.6 is 11.3 Å². The van der Waals surface area contributed by atoms with Crippen LogP contribution in [-0.2, 0) is 5.92 Å². The first kappa shape index (κ1) is 15.1. The van der Waals surface area contributed by atoms with Crippen molar-refractivity contribution < 1.29 is 18.1 Å². The van der Waals surface area contributed by atoms with Crippen LogP contribution in [0.2, 0.25) is 0 Å². The zero-order valence-corrected chi connectivity index (χ0v) is 12.8. The fraction of sp³-hybridized carbons (Fsp3) is 0.500. The van der Waals surface area contributed by atoms with E-state index in [9.17, 15) is 13.6 Å². The number of likely N-dealkylation sites (tertiary alicyclic amines) is 1. The van der Waals surface area contributed by atoms with E-state index in [1.165, 1.54) is 11.3 Å². The summed E-state index contributed by atoms with van der Waals surface area (Å²) in [4.78, 5) is 19.0. The van der Waals surface area contributed by atoms with Crippen LogP contribution in [0.1, 0.15) is 41.7 Å². The molecular formula is C14H15F2N3O2S. The smallest absolute Gasteiger partial charge is 0.322 e. The van der Waals surface area contributed by atoms with Crippen LogP contribution in [0.3, 0.4) is 0 Å². The third-order valence-corrected chi connectivity index (χ3v) is 4.55. The van der Waals surface area contributed by atoms with Crippen LogP contribution in [0.15, 0.2) is 16.7 Å². The summed E-state index contributed by atoms with van der Waals surface area (Å²) in [5.74, 6) is -3.84. The molecule has 3 heterocycles. The van der Waals surface area contributed by atoms with E-state index in [2.05, 4.69) is 14.7 Å². The first-order valence-electron chi connectivity index (χ1n) is 7.06. The van der Waals surface area contributed by atoms with Crippen molar-refractivity contribution in [3.8, 4) is 10.7 Å². The summed E-state index contributed by atoms with van der Waals surface area (Å²) in [5.41, 5.74) is 0. The second-order valence-electron chi connectivity index (χ2n) is 5.33. The van der Waals surface area contributed by atoms with Crippen LogP contribution in [0.4, 0.5) is 8.78 Å². The number of alkyl halides is 2. The number of piperidine rings is 1. The maximum absolute atomic E-state index is 13.1.